The third-order valence-electron chi connectivity index (χ3n) is 5.76. The quantitative estimate of drug-likeness (QED) is 0.771. The lowest BCUT2D eigenvalue weighted by molar-refractivity contribution is -0.0257. The SMILES string of the molecule is CO[C@H]1CC[C@@]2(Cc3ccc(Br)cc3C2=O)CC12CC2. The maximum atomic E-state index is 13.0. The molecule has 0 heterocycles. The number of rotatable bonds is 1. The summed E-state index contributed by atoms with van der Waals surface area (Å²) in [4.78, 5) is 13.0. The van der Waals surface area contributed by atoms with Gasteiger partial charge in [0.1, 0.15) is 0 Å². The second-order valence-electron chi connectivity index (χ2n) is 6.89. The molecular weight excluding hydrogens is 316 g/mol. The fourth-order valence-electron chi connectivity index (χ4n) is 4.61. The predicted octanol–water partition coefficient (Wildman–Crippen LogP) is 4.15. The van der Waals surface area contributed by atoms with E-state index in [2.05, 4.69) is 28.1 Å². The van der Waals surface area contributed by atoms with E-state index in [4.69, 9.17) is 4.74 Å². The molecule has 0 aliphatic heterocycles. The summed E-state index contributed by atoms with van der Waals surface area (Å²) in [6.45, 7) is 0. The van der Waals surface area contributed by atoms with Crippen molar-refractivity contribution in [2.75, 3.05) is 7.11 Å². The maximum Gasteiger partial charge on any atom is 0.169 e. The highest BCUT2D eigenvalue weighted by Crippen LogP contribution is 2.64. The third-order valence-corrected chi connectivity index (χ3v) is 6.26. The molecule has 2 saturated carbocycles. The minimum Gasteiger partial charge on any atom is -0.381 e. The van der Waals surface area contributed by atoms with Gasteiger partial charge in [0.2, 0.25) is 0 Å². The Hall–Kier alpha value is -0.670. The lowest BCUT2D eigenvalue weighted by atomic mass is 9.64. The molecular formula is C17H19BrO2. The van der Waals surface area contributed by atoms with Crippen LogP contribution in [-0.4, -0.2) is 19.0 Å². The number of carbonyl (C=O) groups is 1. The molecule has 2 atom stereocenters. The van der Waals surface area contributed by atoms with E-state index in [0.29, 0.717) is 17.3 Å². The molecule has 0 unspecified atom stereocenters. The Morgan fingerprint density at radius 1 is 1.30 bits per heavy atom. The molecule has 3 aliphatic carbocycles. The van der Waals surface area contributed by atoms with E-state index >= 15 is 0 Å². The van der Waals surface area contributed by atoms with Crippen molar-refractivity contribution in [3.8, 4) is 0 Å². The maximum absolute atomic E-state index is 13.0. The summed E-state index contributed by atoms with van der Waals surface area (Å²) in [6.07, 6.45) is 6.84. The number of hydrogen-bond acceptors (Lipinski definition) is 2. The predicted molar refractivity (Wildman–Crippen MR) is 80.9 cm³/mol. The van der Waals surface area contributed by atoms with E-state index in [1.165, 1.54) is 18.4 Å². The van der Waals surface area contributed by atoms with Gasteiger partial charge < -0.3 is 4.74 Å². The van der Waals surface area contributed by atoms with Crippen molar-refractivity contribution in [3.63, 3.8) is 0 Å². The fraction of sp³-hybridized carbons (Fsp3) is 0.588. The van der Waals surface area contributed by atoms with Gasteiger partial charge in [0, 0.05) is 22.6 Å². The Labute approximate surface area is 128 Å². The first kappa shape index (κ1) is 13.0. The number of ketones is 1. The zero-order valence-electron chi connectivity index (χ0n) is 11.7. The molecule has 1 aromatic rings. The molecule has 0 radical (unpaired) electrons. The van der Waals surface area contributed by atoms with Crippen LogP contribution in [0.5, 0.6) is 0 Å². The molecule has 106 valence electrons. The van der Waals surface area contributed by atoms with Crippen LogP contribution >= 0.6 is 15.9 Å². The second-order valence-corrected chi connectivity index (χ2v) is 7.81. The average molecular weight is 335 g/mol. The van der Waals surface area contributed by atoms with E-state index in [9.17, 15) is 4.79 Å². The number of ether oxygens (including phenoxy) is 1. The Bertz CT molecular complexity index is 591. The summed E-state index contributed by atoms with van der Waals surface area (Å²) in [5, 5.41) is 0. The van der Waals surface area contributed by atoms with Crippen LogP contribution in [0, 0.1) is 10.8 Å². The van der Waals surface area contributed by atoms with Crippen LogP contribution in [0.2, 0.25) is 0 Å². The van der Waals surface area contributed by atoms with Gasteiger partial charge in [0.25, 0.3) is 0 Å². The zero-order chi connectivity index (χ0) is 14.0. The third kappa shape index (κ3) is 1.69. The summed E-state index contributed by atoms with van der Waals surface area (Å²) in [7, 11) is 1.82. The molecule has 4 rings (SSSR count). The lowest BCUT2D eigenvalue weighted by Crippen LogP contribution is -2.42. The highest BCUT2D eigenvalue weighted by molar-refractivity contribution is 9.10. The lowest BCUT2D eigenvalue weighted by Gasteiger charge is -2.41. The van der Waals surface area contributed by atoms with Gasteiger partial charge in [-0.25, -0.2) is 0 Å². The number of Topliss-reactive ketones (excluding diaryl/α,β-unsaturated/α-hetero) is 1. The minimum atomic E-state index is -0.130. The molecule has 0 saturated heterocycles. The van der Waals surface area contributed by atoms with Gasteiger partial charge in [0.15, 0.2) is 5.78 Å². The molecule has 1 aromatic carbocycles. The largest absolute Gasteiger partial charge is 0.381 e. The molecule has 0 amide bonds. The molecule has 0 aromatic heterocycles. The highest BCUT2D eigenvalue weighted by atomic mass is 79.9. The minimum absolute atomic E-state index is 0.130. The van der Waals surface area contributed by atoms with E-state index in [1.54, 1.807) is 0 Å². The van der Waals surface area contributed by atoms with Crippen LogP contribution in [0.15, 0.2) is 22.7 Å². The van der Waals surface area contributed by atoms with Crippen molar-refractivity contribution < 1.29 is 9.53 Å². The van der Waals surface area contributed by atoms with E-state index in [-0.39, 0.29) is 5.41 Å². The number of fused-ring (bicyclic) bond motifs is 1. The first-order valence-electron chi connectivity index (χ1n) is 7.45. The Kier molecular flexibility index (Phi) is 2.72. The van der Waals surface area contributed by atoms with Gasteiger partial charge in [-0.05, 0) is 61.6 Å². The molecule has 3 heteroatoms. The second kappa shape index (κ2) is 4.17. The number of hydrogen-bond donors (Lipinski definition) is 0. The van der Waals surface area contributed by atoms with Crippen LogP contribution in [0.1, 0.15) is 48.0 Å². The van der Waals surface area contributed by atoms with Crippen molar-refractivity contribution in [2.45, 2.75) is 44.6 Å². The molecule has 3 aliphatic rings. The van der Waals surface area contributed by atoms with Gasteiger partial charge in [-0.15, -0.1) is 0 Å². The number of methoxy groups -OCH3 is 1. The summed E-state index contributed by atoms with van der Waals surface area (Å²) < 4.78 is 6.69. The van der Waals surface area contributed by atoms with Gasteiger partial charge in [-0.2, -0.15) is 0 Å². The molecule has 0 bridgehead atoms. The number of halogens is 1. The van der Waals surface area contributed by atoms with Gasteiger partial charge in [-0.3, -0.25) is 4.79 Å². The smallest absolute Gasteiger partial charge is 0.169 e. The van der Waals surface area contributed by atoms with Crippen LogP contribution in [0.25, 0.3) is 0 Å². The van der Waals surface area contributed by atoms with Crippen LogP contribution in [-0.2, 0) is 11.2 Å². The molecule has 2 spiro atoms. The van der Waals surface area contributed by atoms with Gasteiger partial charge >= 0.3 is 0 Å². The Balaban J connectivity index is 1.69. The van der Waals surface area contributed by atoms with Gasteiger partial charge in [-0.1, -0.05) is 22.0 Å². The molecule has 0 N–H and O–H groups in total. The van der Waals surface area contributed by atoms with Crippen molar-refractivity contribution >= 4 is 21.7 Å². The van der Waals surface area contributed by atoms with Crippen molar-refractivity contribution in [1.29, 1.82) is 0 Å². The van der Waals surface area contributed by atoms with E-state index in [0.717, 1.165) is 35.7 Å². The van der Waals surface area contributed by atoms with Crippen molar-refractivity contribution in [3.05, 3.63) is 33.8 Å². The molecule has 2 nitrogen and oxygen atoms in total. The summed E-state index contributed by atoms with van der Waals surface area (Å²) in [5.74, 6) is 0.384. The van der Waals surface area contributed by atoms with E-state index < -0.39 is 0 Å². The Morgan fingerprint density at radius 2 is 2.10 bits per heavy atom. The van der Waals surface area contributed by atoms with E-state index in [1.807, 2.05) is 13.2 Å². The summed E-state index contributed by atoms with van der Waals surface area (Å²) >= 11 is 3.49. The first-order chi connectivity index (χ1) is 9.58. The normalized spacial score (nSPS) is 33.7. The summed E-state index contributed by atoms with van der Waals surface area (Å²) in [6, 6.07) is 6.18. The Morgan fingerprint density at radius 3 is 2.80 bits per heavy atom. The monoisotopic (exact) mass is 334 g/mol. The zero-order valence-corrected chi connectivity index (χ0v) is 13.3. The molecule has 20 heavy (non-hydrogen) atoms. The van der Waals surface area contributed by atoms with Crippen LogP contribution in [0.4, 0.5) is 0 Å². The average Bonchev–Trinajstić information content (AvgIpc) is 3.14. The highest BCUT2D eigenvalue weighted by Gasteiger charge is 2.60. The first-order valence-corrected chi connectivity index (χ1v) is 8.24. The van der Waals surface area contributed by atoms with Crippen molar-refractivity contribution in [1.82, 2.24) is 0 Å². The number of carbonyl (C=O) groups excluding carboxylic acids is 1. The van der Waals surface area contributed by atoms with Crippen LogP contribution < -0.4 is 0 Å². The van der Waals surface area contributed by atoms with Crippen molar-refractivity contribution in [2.24, 2.45) is 10.8 Å². The standard InChI is InChI=1S/C17H19BrO2/c1-20-14-4-5-17(10-16(14)6-7-16)9-11-2-3-12(18)8-13(11)15(17)19/h2-3,8,14H,4-7,9-10H2,1H3/t14-,17+/m0/s1. The summed E-state index contributed by atoms with van der Waals surface area (Å²) in [5.41, 5.74) is 2.37. The van der Waals surface area contributed by atoms with Gasteiger partial charge in [0.05, 0.1) is 6.10 Å². The fourth-order valence-corrected chi connectivity index (χ4v) is 4.97. The van der Waals surface area contributed by atoms with Crippen LogP contribution in [0.3, 0.4) is 0 Å². The topological polar surface area (TPSA) is 26.3 Å². The molecule has 2 fully saturated rings. The number of benzene rings is 1.